The fraction of sp³-hybridized carbons (Fsp3) is 0.600. The molecule has 0 saturated heterocycles. The largest absolute Gasteiger partial charge is 0.496 e. The van der Waals surface area contributed by atoms with Crippen molar-refractivity contribution < 1.29 is 4.74 Å². The van der Waals surface area contributed by atoms with E-state index in [0.29, 0.717) is 4.75 Å². The molecule has 2 rings (SSSR count). The van der Waals surface area contributed by atoms with Crippen LogP contribution in [0.5, 0.6) is 5.75 Å². The lowest BCUT2D eigenvalue weighted by Gasteiger charge is -2.27. The van der Waals surface area contributed by atoms with Crippen molar-refractivity contribution in [2.24, 2.45) is 0 Å². The minimum absolute atomic E-state index is 0.474. The first kappa shape index (κ1) is 13.8. The summed E-state index contributed by atoms with van der Waals surface area (Å²) in [5.74, 6) is 0.981. The first-order valence-electron chi connectivity index (χ1n) is 6.67. The smallest absolute Gasteiger partial charge is 0.123 e. The Labute approximate surface area is 114 Å². The van der Waals surface area contributed by atoms with Gasteiger partial charge in [0, 0.05) is 23.4 Å². The van der Waals surface area contributed by atoms with Crippen LogP contribution in [0.1, 0.15) is 31.2 Å². The van der Waals surface area contributed by atoms with Crippen LogP contribution < -0.4 is 10.1 Å². The van der Waals surface area contributed by atoms with E-state index < -0.39 is 0 Å². The van der Waals surface area contributed by atoms with Crippen molar-refractivity contribution in [2.45, 2.75) is 37.0 Å². The average molecular weight is 265 g/mol. The van der Waals surface area contributed by atoms with Gasteiger partial charge < -0.3 is 10.1 Å². The first-order chi connectivity index (χ1) is 8.79. The molecule has 1 aliphatic rings. The Kier molecular flexibility index (Phi) is 4.95. The van der Waals surface area contributed by atoms with E-state index in [0.717, 1.165) is 18.8 Å². The molecule has 1 N–H and O–H groups in total. The Bertz CT molecular complexity index is 375. The molecule has 0 spiro atoms. The molecule has 0 atom stereocenters. The Balaban J connectivity index is 1.88. The molecule has 18 heavy (non-hydrogen) atoms. The molecule has 0 aromatic heterocycles. The Morgan fingerprint density at radius 2 is 2.00 bits per heavy atom. The molecule has 0 unspecified atom stereocenters. The third-order valence-electron chi connectivity index (χ3n) is 3.90. The zero-order valence-corrected chi connectivity index (χ0v) is 12.2. The van der Waals surface area contributed by atoms with Crippen LogP contribution in [-0.2, 0) is 6.54 Å². The molecule has 1 saturated carbocycles. The highest BCUT2D eigenvalue weighted by molar-refractivity contribution is 8.00. The van der Waals surface area contributed by atoms with Crippen molar-refractivity contribution in [2.75, 3.05) is 19.9 Å². The lowest BCUT2D eigenvalue weighted by Crippen LogP contribution is -2.34. The monoisotopic (exact) mass is 265 g/mol. The topological polar surface area (TPSA) is 21.3 Å². The van der Waals surface area contributed by atoms with E-state index in [1.165, 1.54) is 31.2 Å². The van der Waals surface area contributed by atoms with E-state index in [4.69, 9.17) is 4.74 Å². The Hall–Kier alpha value is -0.670. The quantitative estimate of drug-likeness (QED) is 0.851. The SMILES string of the molecule is COc1ccccc1CNCC1(SC)CCCC1. The number of thioether (sulfide) groups is 1. The zero-order chi connectivity index (χ0) is 12.8. The van der Waals surface area contributed by atoms with Gasteiger partial charge in [0.15, 0.2) is 0 Å². The molecule has 0 bridgehead atoms. The standard InChI is InChI=1S/C15H23NOS/c1-17-14-8-4-3-7-13(14)11-16-12-15(18-2)9-5-6-10-15/h3-4,7-8,16H,5-6,9-12H2,1-2H3. The third-order valence-corrected chi connectivity index (χ3v) is 5.32. The van der Waals surface area contributed by atoms with E-state index in [9.17, 15) is 0 Å². The molecular weight excluding hydrogens is 242 g/mol. The van der Waals surface area contributed by atoms with Crippen LogP contribution in [0.4, 0.5) is 0 Å². The zero-order valence-electron chi connectivity index (χ0n) is 11.4. The van der Waals surface area contributed by atoms with Crippen LogP contribution in [0.15, 0.2) is 24.3 Å². The second-order valence-electron chi connectivity index (χ2n) is 5.01. The fourth-order valence-corrected chi connectivity index (χ4v) is 3.69. The Morgan fingerprint density at radius 3 is 2.67 bits per heavy atom. The van der Waals surface area contributed by atoms with Gasteiger partial charge in [0.1, 0.15) is 5.75 Å². The highest BCUT2D eigenvalue weighted by Crippen LogP contribution is 2.39. The maximum Gasteiger partial charge on any atom is 0.123 e. The van der Waals surface area contributed by atoms with Gasteiger partial charge in [0.25, 0.3) is 0 Å². The van der Waals surface area contributed by atoms with Gasteiger partial charge in [0.2, 0.25) is 0 Å². The predicted octanol–water partition coefficient (Wildman–Crippen LogP) is 3.46. The summed E-state index contributed by atoms with van der Waals surface area (Å²) in [6, 6.07) is 8.24. The molecule has 2 nitrogen and oxygen atoms in total. The number of para-hydroxylation sites is 1. The van der Waals surface area contributed by atoms with Gasteiger partial charge in [-0.05, 0) is 25.2 Å². The molecule has 1 aromatic carbocycles. The molecular formula is C15H23NOS. The van der Waals surface area contributed by atoms with Crippen molar-refractivity contribution in [3.05, 3.63) is 29.8 Å². The molecule has 3 heteroatoms. The lowest BCUT2D eigenvalue weighted by molar-refractivity contribution is 0.406. The van der Waals surface area contributed by atoms with Gasteiger partial charge >= 0.3 is 0 Å². The number of nitrogens with one attached hydrogen (secondary N) is 1. The summed E-state index contributed by atoms with van der Waals surface area (Å²) in [7, 11) is 1.74. The van der Waals surface area contributed by atoms with E-state index >= 15 is 0 Å². The van der Waals surface area contributed by atoms with Crippen LogP contribution in [0, 0.1) is 0 Å². The number of methoxy groups -OCH3 is 1. The van der Waals surface area contributed by atoms with Gasteiger partial charge in [-0.25, -0.2) is 0 Å². The summed E-state index contributed by atoms with van der Waals surface area (Å²) >= 11 is 2.03. The van der Waals surface area contributed by atoms with Gasteiger partial charge in [-0.2, -0.15) is 11.8 Å². The van der Waals surface area contributed by atoms with E-state index in [1.807, 2.05) is 23.9 Å². The van der Waals surface area contributed by atoms with Gasteiger partial charge in [-0.3, -0.25) is 0 Å². The second kappa shape index (κ2) is 6.48. The van der Waals surface area contributed by atoms with E-state index in [-0.39, 0.29) is 0 Å². The third kappa shape index (κ3) is 3.21. The molecule has 1 aromatic rings. The normalized spacial score (nSPS) is 17.9. The molecule has 0 amide bonds. The number of ether oxygens (including phenoxy) is 1. The maximum absolute atomic E-state index is 5.37. The summed E-state index contributed by atoms with van der Waals surface area (Å²) in [5, 5.41) is 3.61. The summed E-state index contributed by atoms with van der Waals surface area (Å²) in [5.41, 5.74) is 1.24. The van der Waals surface area contributed by atoms with Crippen LogP contribution in [0.2, 0.25) is 0 Å². The van der Waals surface area contributed by atoms with Crippen molar-refractivity contribution in [1.29, 1.82) is 0 Å². The van der Waals surface area contributed by atoms with Crippen molar-refractivity contribution in [3.8, 4) is 5.75 Å². The maximum atomic E-state index is 5.37. The summed E-state index contributed by atoms with van der Waals surface area (Å²) in [6.45, 7) is 2.00. The summed E-state index contributed by atoms with van der Waals surface area (Å²) in [4.78, 5) is 0. The Morgan fingerprint density at radius 1 is 1.28 bits per heavy atom. The second-order valence-corrected chi connectivity index (χ2v) is 6.28. The summed E-state index contributed by atoms with van der Waals surface area (Å²) in [6.07, 6.45) is 7.73. The van der Waals surface area contributed by atoms with Gasteiger partial charge in [0.05, 0.1) is 7.11 Å². The minimum atomic E-state index is 0.474. The number of benzene rings is 1. The lowest BCUT2D eigenvalue weighted by atomic mass is 10.1. The molecule has 1 aliphatic carbocycles. The average Bonchev–Trinajstić information content (AvgIpc) is 2.89. The van der Waals surface area contributed by atoms with Crippen LogP contribution in [-0.4, -0.2) is 24.7 Å². The number of rotatable bonds is 6. The first-order valence-corrected chi connectivity index (χ1v) is 7.90. The van der Waals surface area contributed by atoms with E-state index in [2.05, 4.69) is 23.7 Å². The molecule has 0 heterocycles. The number of hydrogen-bond acceptors (Lipinski definition) is 3. The van der Waals surface area contributed by atoms with Crippen LogP contribution >= 0.6 is 11.8 Å². The highest BCUT2D eigenvalue weighted by atomic mass is 32.2. The number of hydrogen-bond donors (Lipinski definition) is 1. The molecule has 0 aliphatic heterocycles. The summed E-state index contributed by atoms with van der Waals surface area (Å²) < 4.78 is 5.85. The highest BCUT2D eigenvalue weighted by Gasteiger charge is 2.32. The van der Waals surface area contributed by atoms with Crippen molar-refractivity contribution in [3.63, 3.8) is 0 Å². The van der Waals surface area contributed by atoms with Gasteiger partial charge in [-0.15, -0.1) is 0 Å². The molecule has 0 radical (unpaired) electrons. The molecule has 100 valence electrons. The predicted molar refractivity (Wildman–Crippen MR) is 79.4 cm³/mol. The van der Waals surface area contributed by atoms with Crippen LogP contribution in [0.3, 0.4) is 0 Å². The molecule has 1 fully saturated rings. The van der Waals surface area contributed by atoms with Crippen molar-refractivity contribution >= 4 is 11.8 Å². The van der Waals surface area contributed by atoms with E-state index in [1.54, 1.807) is 7.11 Å². The van der Waals surface area contributed by atoms with Crippen LogP contribution in [0.25, 0.3) is 0 Å². The van der Waals surface area contributed by atoms with Crippen molar-refractivity contribution in [1.82, 2.24) is 5.32 Å². The fourth-order valence-electron chi connectivity index (χ4n) is 2.75. The van der Waals surface area contributed by atoms with Gasteiger partial charge in [-0.1, -0.05) is 31.0 Å². The minimum Gasteiger partial charge on any atom is -0.496 e.